The molecule has 12 heavy (non-hydrogen) atoms. The molecule has 3 N–H and O–H groups in total. The monoisotopic (exact) mass is 186 g/mol. The van der Waals surface area contributed by atoms with E-state index in [1.54, 1.807) is 0 Å². The number of carbonyl (C=O) groups is 1. The minimum Gasteiger partial charge on any atom is -0.480 e. The lowest BCUT2D eigenvalue weighted by Gasteiger charge is -2.02. The van der Waals surface area contributed by atoms with Crippen LogP contribution in [0.2, 0.25) is 0 Å². The molecule has 4 nitrogen and oxygen atoms in total. The molecule has 0 amide bonds. The van der Waals surface area contributed by atoms with Crippen molar-refractivity contribution in [2.75, 3.05) is 0 Å². The first kappa shape index (κ1) is 9.15. The maximum atomic E-state index is 10.5. The second kappa shape index (κ2) is 3.20. The van der Waals surface area contributed by atoms with E-state index in [0.717, 1.165) is 9.88 Å². The van der Waals surface area contributed by atoms with E-state index in [-0.39, 0.29) is 0 Å². The maximum absolute atomic E-state index is 10.5. The average Bonchev–Trinajstić information content (AvgIpc) is 2.28. The van der Waals surface area contributed by atoms with Crippen molar-refractivity contribution >= 4 is 17.3 Å². The quantitative estimate of drug-likeness (QED) is 0.717. The van der Waals surface area contributed by atoms with E-state index in [2.05, 4.69) is 4.98 Å². The second-order valence-electron chi connectivity index (χ2n) is 2.49. The van der Waals surface area contributed by atoms with Gasteiger partial charge in [0.1, 0.15) is 6.04 Å². The Bertz CT molecular complexity index is 308. The van der Waals surface area contributed by atoms with Crippen molar-refractivity contribution in [1.29, 1.82) is 0 Å². The highest BCUT2D eigenvalue weighted by Crippen LogP contribution is 2.21. The largest absolute Gasteiger partial charge is 0.480 e. The Kier molecular flexibility index (Phi) is 2.44. The molecule has 0 saturated carbocycles. The smallest absolute Gasteiger partial charge is 0.326 e. The number of rotatable bonds is 2. The first-order valence-corrected chi connectivity index (χ1v) is 4.26. The molecule has 0 aliphatic carbocycles. The van der Waals surface area contributed by atoms with Crippen LogP contribution in [0.25, 0.3) is 0 Å². The van der Waals surface area contributed by atoms with Crippen LogP contribution < -0.4 is 5.73 Å². The zero-order valence-corrected chi connectivity index (χ0v) is 7.68. The van der Waals surface area contributed by atoms with Gasteiger partial charge in [0.25, 0.3) is 0 Å². The van der Waals surface area contributed by atoms with Gasteiger partial charge in [-0.25, -0.2) is 4.98 Å². The predicted octanol–water partition coefficient (Wildman–Crippen LogP) is 0.844. The maximum Gasteiger partial charge on any atom is 0.326 e. The number of aromatic nitrogens is 1. The van der Waals surface area contributed by atoms with Gasteiger partial charge < -0.3 is 10.8 Å². The third-order valence-electron chi connectivity index (χ3n) is 1.50. The molecule has 0 bridgehead atoms. The summed E-state index contributed by atoms with van der Waals surface area (Å²) in [7, 11) is 0. The molecule has 5 heteroatoms. The number of carboxylic acid groups (broad SMARTS) is 1. The zero-order chi connectivity index (χ0) is 9.30. The van der Waals surface area contributed by atoms with Crippen molar-refractivity contribution in [3.63, 3.8) is 0 Å². The fraction of sp³-hybridized carbons (Fsp3) is 0.429. The highest BCUT2D eigenvalue weighted by molar-refractivity contribution is 7.11. The van der Waals surface area contributed by atoms with Crippen LogP contribution in [0.3, 0.4) is 0 Å². The molecule has 0 aliphatic rings. The third-order valence-corrected chi connectivity index (χ3v) is 2.40. The van der Waals surface area contributed by atoms with Gasteiger partial charge >= 0.3 is 5.97 Å². The van der Waals surface area contributed by atoms with Crippen LogP contribution in [-0.4, -0.2) is 16.1 Å². The van der Waals surface area contributed by atoms with Crippen molar-refractivity contribution in [2.24, 2.45) is 5.73 Å². The van der Waals surface area contributed by atoms with Gasteiger partial charge in [-0.2, -0.15) is 0 Å². The third kappa shape index (κ3) is 1.62. The van der Waals surface area contributed by atoms with Gasteiger partial charge in [0.2, 0.25) is 0 Å². The lowest BCUT2D eigenvalue weighted by atomic mass is 10.2. The van der Waals surface area contributed by atoms with Crippen molar-refractivity contribution < 1.29 is 9.90 Å². The fourth-order valence-corrected chi connectivity index (χ4v) is 1.81. The molecule has 0 aromatic carbocycles. The number of aliphatic carboxylic acids is 1. The van der Waals surface area contributed by atoms with Crippen LogP contribution in [0.4, 0.5) is 0 Å². The number of nitrogens with two attached hydrogens (primary N) is 1. The first-order valence-electron chi connectivity index (χ1n) is 3.44. The van der Waals surface area contributed by atoms with E-state index in [1.807, 2.05) is 13.8 Å². The van der Waals surface area contributed by atoms with Gasteiger partial charge in [-0.05, 0) is 13.8 Å². The Balaban J connectivity index is 3.02. The van der Waals surface area contributed by atoms with Crippen LogP contribution in [-0.2, 0) is 4.79 Å². The van der Waals surface area contributed by atoms with Crippen molar-refractivity contribution in [3.8, 4) is 0 Å². The van der Waals surface area contributed by atoms with Crippen LogP contribution in [0.15, 0.2) is 0 Å². The highest BCUT2D eigenvalue weighted by atomic mass is 32.1. The Morgan fingerprint density at radius 1 is 1.67 bits per heavy atom. The van der Waals surface area contributed by atoms with E-state index in [1.165, 1.54) is 11.3 Å². The van der Waals surface area contributed by atoms with Gasteiger partial charge in [-0.15, -0.1) is 11.3 Å². The van der Waals surface area contributed by atoms with Gasteiger partial charge in [0, 0.05) is 4.88 Å². The van der Waals surface area contributed by atoms with Gasteiger partial charge in [0.15, 0.2) is 0 Å². The molecule has 0 saturated heterocycles. The molecule has 66 valence electrons. The number of hydrogen-bond donors (Lipinski definition) is 2. The normalized spacial score (nSPS) is 12.9. The van der Waals surface area contributed by atoms with Crippen molar-refractivity contribution in [3.05, 3.63) is 15.6 Å². The first-order chi connectivity index (χ1) is 5.52. The van der Waals surface area contributed by atoms with Gasteiger partial charge in [0.05, 0.1) is 10.7 Å². The topological polar surface area (TPSA) is 76.2 Å². The van der Waals surface area contributed by atoms with Crippen molar-refractivity contribution in [1.82, 2.24) is 4.98 Å². The average molecular weight is 186 g/mol. The number of hydrogen-bond acceptors (Lipinski definition) is 4. The van der Waals surface area contributed by atoms with E-state index in [9.17, 15) is 4.79 Å². The van der Waals surface area contributed by atoms with Crippen LogP contribution in [0, 0.1) is 13.8 Å². The summed E-state index contributed by atoms with van der Waals surface area (Å²) in [4.78, 5) is 15.4. The van der Waals surface area contributed by atoms with E-state index in [0.29, 0.717) is 5.69 Å². The summed E-state index contributed by atoms with van der Waals surface area (Å²) in [6, 6.07) is -0.991. The Morgan fingerprint density at radius 3 is 2.58 bits per heavy atom. The Hall–Kier alpha value is -0.940. The summed E-state index contributed by atoms with van der Waals surface area (Å²) in [6.45, 7) is 3.65. The lowest BCUT2D eigenvalue weighted by molar-refractivity contribution is -0.138. The number of aryl methyl sites for hydroxylation is 2. The minimum absolute atomic E-state index is 0.477. The summed E-state index contributed by atoms with van der Waals surface area (Å²) >= 11 is 1.46. The van der Waals surface area contributed by atoms with Crippen molar-refractivity contribution in [2.45, 2.75) is 19.9 Å². The summed E-state index contributed by atoms with van der Waals surface area (Å²) in [5.74, 6) is -1.04. The Morgan fingerprint density at radius 2 is 2.25 bits per heavy atom. The summed E-state index contributed by atoms with van der Waals surface area (Å²) in [6.07, 6.45) is 0. The molecule has 1 aromatic rings. The molecule has 0 fully saturated rings. The molecule has 1 heterocycles. The van der Waals surface area contributed by atoms with E-state index >= 15 is 0 Å². The number of thiazole rings is 1. The van der Waals surface area contributed by atoms with E-state index in [4.69, 9.17) is 10.8 Å². The molecule has 0 aliphatic heterocycles. The molecule has 0 spiro atoms. The summed E-state index contributed by atoms with van der Waals surface area (Å²) in [5, 5.41) is 9.46. The lowest BCUT2D eigenvalue weighted by Crippen LogP contribution is -2.21. The minimum atomic E-state index is -1.04. The predicted molar refractivity (Wildman–Crippen MR) is 46.2 cm³/mol. The van der Waals surface area contributed by atoms with Crippen LogP contribution >= 0.6 is 11.3 Å². The number of carboxylic acids is 1. The van der Waals surface area contributed by atoms with Gasteiger partial charge in [-0.1, -0.05) is 0 Å². The summed E-state index contributed by atoms with van der Waals surface area (Å²) in [5.41, 5.74) is 5.87. The van der Waals surface area contributed by atoms with Gasteiger partial charge in [-0.3, -0.25) is 4.79 Å². The molecular weight excluding hydrogens is 176 g/mol. The Labute approximate surface area is 74.0 Å². The molecule has 1 atom stereocenters. The molecule has 1 aromatic heterocycles. The van der Waals surface area contributed by atoms with Crippen LogP contribution in [0.1, 0.15) is 21.6 Å². The fourth-order valence-electron chi connectivity index (χ4n) is 0.950. The molecular formula is C7H10N2O2S. The standard InChI is InChI=1S/C7H10N2O2S/c1-3-6(5(8)7(10)11)9-4(2)12-3/h5H,8H2,1-2H3,(H,10,11). The second-order valence-corrected chi connectivity index (χ2v) is 3.90. The molecule has 1 unspecified atom stereocenters. The SMILES string of the molecule is Cc1nc(C(N)C(=O)O)c(C)s1. The summed E-state index contributed by atoms with van der Waals surface area (Å²) < 4.78 is 0. The van der Waals surface area contributed by atoms with E-state index < -0.39 is 12.0 Å². The highest BCUT2D eigenvalue weighted by Gasteiger charge is 2.19. The zero-order valence-electron chi connectivity index (χ0n) is 6.87. The molecule has 0 radical (unpaired) electrons. The van der Waals surface area contributed by atoms with Crippen LogP contribution in [0.5, 0.6) is 0 Å². The molecule has 1 rings (SSSR count). The number of nitrogens with zero attached hydrogens (tertiary/aromatic N) is 1.